The lowest BCUT2D eigenvalue weighted by atomic mass is 10.1. The van der Waals surface area contributed by atoms with Crippen LogP contribution in [-0.2, 0) is 9.53 Å². The number of halogens is 3. The summed E-state index contributed by atoms with van der Waals surface area (Å²) in [6.45, 7) is 3.25. The predicted molar refractivity (Wildman–Crippen MR) is 106 cm³/mol. The summed E-state index contributed by atoms with van der Waals surface area (Å²) in [4.78, 5) is 16.5. The molecule has 1 atom stereocenters. The molecule has 29 heavy (non-hydrogen) atoms. The number of carbonyl (C=O) groups is 1. The molecule has 2 heterocycles. The molecule has 3 rings (SSSR count). The van der Waals surface area contributed by atoms with Gasteiger partial charge in [-0.3, -0.25) is 4.98 Å². The number of hydrogen-bond acceptors (Lipinski definition) is 5. The van der Waals surface area contributed by atoms with Crippen LogP contribution in [0.2, 0.25) is 0 Å². The molecule has 1 aromatic carbocycles. The van der Waals surface area contributed by atoms with E-state index in [1.54, 1.807) is 30.6 Å². The van der Waals surface area contributed by atoms with E-state index in [2.05, 4.69) is 16.3 Å². The Labute approximate surface area is 169 Å². The second-order valence-electron chi connectivity index (χ2n) is 6.48. The van der Waals surface area contributed by atoms with Gasteiger partial charge in [-0.15, -0.1) is 11.3 Å². The molecule has 0 aliphatic carbocycles. The van der Waals surface area contributed by atoms with E-state index in [0.717, 1.165) is 20.5 Å². The number of benzene rings is 1. The maximum Gasteiger partial charge on any atom is 0.398 e. The van der Waals surface area contributed by atoms with Gasteiger partial charge in [-0.2, -0.15) is 13.2 Å². The minimum Gasteiger partial charge on any atom is -0.493 e. The maximum absolute atomic E-state index is 13.2. The van der Waals surface area contributed by atoms with Gasteiger partial charge in [-0.25, -0.2) is 4.79 Å². The number of esters is 1. The fourth-order valence-corrected chi connectivity index (χ4v) is 3.57. The van der Waals surface area contributed by atoms with E-state index < -0.39 is 31.3 Å². The van der Waals surface area contributed by atoms with Crippen molar-refractivity contribution in [3.63, 3.8) is 0 Å². The molecule has 0 spiro atoms. The second kappa shape index (κ2) is 8.65. The van der Waals surface area contributed by atoms with Gasteiger partial charge in [0.1, 0.15) is 24.9 Å². The predicted octanol–water partition coefficient (Wildman–Crippen LogP) is 5.64. The normalized spacial score (nSPS) is 12.6. The average molecular weight is 421 g/mol. The fourth-order valence-electron chi connectivity index (χ4n) is 2.49. The van der Waals surface area contributed by atoms with Crippen LogP contribution >= 0.6 is 11.3 Å². The van der Waals surface area contributed by atoms with E-state index in [1.165, 1.54) is 18.3 Å². The summed E-state index contributed by atoms with van der Waals surface area (Å²) in [6, 6.07) is 10.9. The first-order chi connectivity index (χ1) is 13.7. The SMILES string of the molecule is C=C(C)C(=O)OCC(COc1ccc2cc(-c3cccnc3)sc2c1)C(F)(F)F. The van der Waals surface area contributed by atoms with Gasteiger partial charge in [0, 0.05) is 33.1 Å². The highest BCUT2D eigenvalue weighted by Gasteiger charge is 2.41. The topological polar surface area (TPSA) is 48.4 Å². The van der Waals surface area contributed by atoms with Crippen molar-refractivity contribution in [2.75, 3.05) is 13.2 Å². The van der Waals surface area contributed by atoms with E-state index in [1.807, 2.05) is 18.2 Å². The van der Waals surface area contributed by atoms with Crippen molar-refractivity contribution in [1.29, 1.82) is 0 Å². The summed E-state index contributed by atoms with van der Waals surface area (Å²) in [5.74, 6) is -2.48. The minimum absolute atomic E-state index is 0.0411. The number of aromatic nitrogens is 1. The van der Waals surface area contributed by atoms with E-state index >= 15 is 0 Å². The van der Waals surface area contributed by atoms with Crippen LogP contribution in [0.3, 0.4) is 0 Å². The third kappa shape index (κ3) is 5.35. The Bertz CT molecular complexity index is 1010. The number of thiophene rings is 1. The van der Waals surface area contributed by atoms with E-state index in [9.17, 15) is 18.0 Å². The molecule has 0 bridgehead atoms. The van der Waals surface area contributed by atoms with Gasteiger partial charge in [0.25, 0.3) is 0 Å². The van der Waals surface area contributed by atoms with Crippen molar-refractivity contribution < 1.29 is 27.4 Å². The van der Waals surface area contributed by atoms with Gasteiger partial charge in [0.2, 0.25) is 0 Å². The van der Waals surface area contributed by atoms with Crippen molar-refractivity contribution in [3.8, 4) is 16.2 Å². The maximum atomic E-state index is 13.2. The molecule has 8 heteroatoms. The third-order valence-corrected chi connectivity index (χ3v) is 5.26. The number of pyridine rings is 1. The third-order valence-electron chi connectivity index (χ3n) is 4.12. The van der Waals surface area contributed by atoms with Crippen molar-refractivity contribution >= 4 is 27.4 Å². The number of hydrogen-bond donors (Lipinski definition) is 0. The van der Waals surface area contributed by atoms with Crippen LogP contribution in [0.15, 0.2) is 60.9 Å². The largest absolute Gasteiger partial charge is 0.493 e. The number of alkyl halides is 3. The summed E-state index contributed by atoms with van der Waals surface area (Å²) in [5, 5.41) is 0.962. The molecule has 0 fully saturated rings. The van der Waals surface area contributed by atoms with Gasteiger partial charge in [0.05, 0.1) is 0 Å². The summed E-state index contributed by atoms with van der Waals surface area (Å²) in [6.07, 6.45) is -1.12. The summed E-state index contributed by atoms with van der Waals surface area (Å²) < 4.78 is 50.6. The zero-order valence-electron chi connectivity index (χ0n) is 15.5. The Balaban J connectivity index is 1.71. The molecule has 152 valence electrons. The molecule has 0 radical (unpaired) electrons. The van der Waals surface area contributed by atoms with Crippen LogP contribution in [0.4, 0.5) is 13.2 Å². The van der Waals surface area contributed by atoms with Crippen molar-refractivity contribution in [2.24, 2.45) is 5.92 Å². The number of carbonyl (C=O) groups excluding carboxylic acids is 1. The monoisotopic (exact) mass is 421 g/mol. The average Bonchev–Trinajstić information content (AvgIpc) is 3.10. The number of rotatable bonds is 7. The number of ether oxygens (including phenoxy) is 2. The molecule has 3 aromatic rings. The first kappa shape index (κ1) is 20.9. The first-order valence-corrected chi connectivity index (χ1v) is 9.52. The zero-order chi connectivity index (χ0) is 21.0. The molecular weight excluding hydrogens is 403 g/mol. The Hall–Kier alpha value is -2.87. The van der Waals surface area contributed by atoms with Crippen LogP contribution < -0.4 is 4.74 Å². The van der Waals surface area contributed by atoms with Gasteiger partial charge < -0.3 is 9.47 Å². The Morgan fingerprint density at radius 3 is 2.69 bits per heavy atom. The zero-order valence-corrected chi connectivity index (χ0v) is 16.3. The van der Waals surface area contributed by atoms with Crippen LogP contribution in [0, 0.1) is 5.92 Å². The first-order valence-electron chi connectivity index (χ1n) is 8.70. The smallest absolute Gasteiger partial charge is 0.398 e. The highest BCUT2D eigenvalue weighted by Crippen LogP contribution is 2.35. The number of nitrogens with zero attached hydrogens (tertiary/aromatic N) is 1. The van der Waals surface area contributed by atoms with E-state index in [0.29, 0.717) is 5.75 Å². The molecule has 0 saturated carbocycles. The Kier molecular flexibility index (Phi) is 6.22. The van der Waals surface area contributed by atoms with Crippen molar-refractivity contribution in [1.82, 2.24) is 4.98 Å². The molecule has 1 unspecified atom stereocenters. The highest BCUT2D eigenvalue weighted by atomic mass is 32.1. The molecule has 0 N–H and O–H groups in total. The van der Waals surface area contributed by atoms with E-state index in [4.69, 9.17) is 4.74 Å². The van der Waals surface area contributed by atoms with Crippen molar-refractivity contribution in [2.45, 2.75) is 13.1 Å². The van der Waals surface area contributed by atoms with Crippen LogP contribution in [0.25, 0.3) is 20.5 Å². The van der Waals surface area contributed by atoms with Crippen LogP contribution in [0.1, 0.15) is 6.92 Å². The standard InChI is InChI=1S/C21H18F3NO3S/c1-13(2)20(26)28-12-16(21(22,23)24)11-27-17-6-5-14-8-18(29-19(14)9-17)15-4-3-7-25-10-15/h3-10,16H,1,11-12H2,2H3. The summed E-state index contributed by atoms with van der Waals surface area (Å²) in [7, 11) is 0. The van der Waals surface area contributed by atoms with Gasteiger partial charge in [-0.1, -0.05) is 12.6 Å². The van der Waals surface area contributed by atoms with Crippen LogP contribution in [0.5, 0.6) is 5.75 Å². The molecule has 0 saturated heterocycles. The molecular formula is C21H18F3NO3S. The summed E-state index contributed by atoms with van der Waals surface area (Å²) >= 11 is 1.50. The van der Waals surface area contributed by atoms with Crippen LogP contribution in [-0.4, -0.2) is 30.3 Å². The summed E-state index contributed by atoms with van der Waals surface area (Å²) in [5.41, 5.74) is 1.01. The van der Waals surface area contributed by atoms with Gasteiger partial charge in [0.15, 0.2) is 0 Å². The molecule has 4 nitrogen and oxygen atoms in total. The molecule has 2 aromatic heterocycles. The lowest BCUT2D eigenvalue weighted by molar-refractivity contribution is -0.196. The Morgan fingerprint density at radius 1 is 1.24 bits per heavy atom. The fraction of sp³-hybridized carbons (Fsp3) is 0.238. The molecule has 0 aliphatic heterocycles. The van der Waals surface area contributed by atoms with Crippen molar-refractivity contribution in [3.05, 3.63) is 60.9 Å². The quantitative estimate of drug-likeness (QED) is 0.366. The van der Waals surface area contributed by atoms with E-state index in [-0.39, 0.29) is 5.57 Å². The van der Waals surface area contributed by atoms with Gasteiger partial charge in [-0.05, 0) is 42.6 Å². The lowest BCUT2D eigenvalue weighted by Gasteiger charge is -2.20. The molecule has 0 amide bonds. The number of fused-ring (bicyclic) bond motifs is 1. The minimum atomic E-state index is -4.56. The van der Waals surface area contributed by atoms with Gasteiger partial charge >= 0.3 is 12.1 Å². The second-order valence-corrected chi connectivity index (χ2v) is 7.56. The Morgan fingerprint density at radius 2 is 2.03 bits per heavy atom. The lowest BCUT2D eigenvalue weighted by Crippen LogP contribution is -2.33. The molecule has 0 aliphatic rings. The highest BCUT2D eigenvalue weighted by molar-refractivity contribution is 7.22.